The van der Waals surface area contributed by atoms with Gasteiger partial charge in [0.15, 0.2) is 0 Å². The molecule has 12 nitrogen and oxygen atoms in total. The van der Waals surface area contributed by atoms with Gasteiger partial charge in [0, 0.05) is 30.6 Å². The molecule has 4 saturated heterocycles. The van der Waals surface area contributed by atoms with Crippen molar-refractivity contribution >= 4 is 11.8 Å². The Morgan fingerprint density at radius 3 is 2.70 bits per heavy atom. The van der Waals surface area contributed by atoms with E-state index in [4.69, 9.17) is 25.7 Å². The maximum atomic E-state index is 13.6. The van der Waals surface area contributed by atoms with E-state index in [1.54, 1.807) is 0 Å². The maximum Gasteiger partial charge on any atom is 0.339 e. The van der Waals surface area contributed by atoms with Gasteiger partial charge in [-0.25, -0.2) is 4.79 Å². The highest BCUT2D eigenvalue weighted by molar-refractivity contribution is 5.88. The largest absolute Gasteiger partial charge is 0.456 e. The molecule has 12 heteroatoms. The third kappa shape index (κ3) is 8.03. The highest BCUT2D eigenvalue weighted by Gasteiger charge is 2.61. The van der Waals surface area contributed by atoms with Gasteiger partial charge in [0.05, 0.1) is 61.8 Å². The van der Waals surface area contributed by atoms with Crippen LogP contribution in [0.25, 0.3) is 0 Å². The smallest absolute Gasteiger partial charge is 0.339 e. The van der Waals surface area contributed by atoms with Crippen LogP contribution >= 0.6 is 0 Å². The molecule has 262 valence electrons. The van der Waals surface area contributed by atoms with Gasteiger partial charge < -0.3 is 46.1 Å². The average Bonchev–Trinajstić information content (AvgIpc) is 3.03. The van der Waals surface area contributed by atoms with Crippen LogP contribution in [0.1, 0.15) is 78.6 Å². The lowest BCUT2D eigenvalue weighted by molar-refractivity contribution is -0.703. The molecule has 13 unspecified atom stereocenters. The fourth-order valence-corrected chi connectivity index (χ4v) is 8.96. The second kappa shape index (κ2) is 15.8. The van der Waals surface area contributed by atoms with E-state index in [0.717, 1.165) is 58.2 Å². The lowest BCUT2D eigenvalue weighted by atomic mass is 9.60. The Morgan fingerprint density at radius 1 is 1.22 bits per heavy atom. The van der Waals surface area contributed by atoms with E-state index < -0.39 is 48.0 Å². The van der Waals surface area contributed by atoms with Gasteiger partial charge in [-0.15, -0.1) is 0 Å². The van der Waals surface area contributed by atoms with Crippen LogP contribution < -0.4 is 27.4 Å². The molecule has 5 rings (SSSR count). The summed E-state index contributed by atoms with van der Waals surface area (Å²) in [6.07, 6.45) is 5.38. The summed E-state index contributed by atoms with van der Waals surface area (Å²) in [6.45, 7) is 8.89. The normalized spacial score (nSPS) is 43.5. The van der Waals surface area contributed by atoms with Crippen molar-refractivity contribution < 1.29 is 44.6 Å². The molecule has 0 radical (unpaired) electrons. The van der Waals surface area contributed by atoms with Gasteiger partial charge in [-0.2, -0.15) is 0 Å². The number of ether oxygens (including phenoxy) is 3. The van der Waals surface area contributed by atoms with Gasteiger partial charge in [0.25, 0.3) is 0 Å². The number of nitrogens with one attached hydrogen (secondary N) is 1. The number of rotatable bonds is 11. The molecule has 0 bridgehead atoms. The number of hydrogen-bond donors (Lipinski definition) is 7. The number of nitrogens with two attached hydrogens (primary N) is 4. The number of piperidine rings is 2. The van der Waals surface area contributed by atoms with Crippen LogP contribution in [-0.2, 0) is 23.8 Å². The Balaban J connectivity index is 1.45. The summed E-state index contributed by atoms with van der Waals surface area (Å²) in [5, 5.41) is 29.5. The van der Waals surface area contributed by atoms with Crippen LogP contribution in [0.4, 0.5) is 0 Å². The van der Waals surface area contributed by atoms with Gasteiger partial charge in [-0.3, -0.25) is 10.5 Å². The average molecular weight is 652 g/mol. The minimum Gasteiger partial charge on any atom is -0.456 e. The quantitative estimate of drug-likeness (QED) is 0.103. The summed E-state index contributed by atoms with van der Waals surface area (Å²) in [4.78, 5) is 27.1. The van der Waals surface area contributed by atoms with E-state index in [2.05, 4.69) is 22.9 Å². The predicted octanol–water partition coefficient (Wildman–Crippen LogP) is -1.37. The Labute approximate surface area is 274 Å². The molecule has 11 N–H and O–H groups in total. The predicted molar refractivity (Wildman–Crippen MR) is 171 cm³/mol. The summed E-state index contributed by atoms with van der Waals surface area (Å²) in [7, 11) is 0. The number of quaternary nitrogens is 2. The molecular weight excluding hydrogens is 590 g/mol. The molecule has 0 amide bonds. The van der Waals surface area contributed by atoms with E-state index in [0.29, 0.717) is 36.8 Å². The number of likely N-dealkylation sites (N-methyl/N-ethyl adjacent to an activating group) is 1. The molecule has 1 aliphatic carbocycles. The molecule has 0 aromatic rings. The summed E-state index contributed by atoms with van der Waals surface area (Å²) in [5.41, 5.74) is 12.3. The molecule has 0 spiro atoms. The van der Waals surface area contributed by atoms with E-state index in [-0.39, 0.29) is 43.0 Å². The van der Waals surface area contributed by atoms with Crippen molar-refractivity contribution in [1.82, 2.24) is 5.32 Å². The molecule has 5 fully saturated rings. The first kappa shape index (κ1) is 35.8. The van der Waals surface area contributed by atoms with E-state index >= 15 is 0 Å². The number of fused-ring (bicyclic) bond motifs is 2. The van der Waals surface area contributed by atoms with Crippen LogP contribution in [0, 0.1) is 29.6 Å². The van der Waals surface area contributed by atoms with Gasteiger partial charge in [0.1, 0.15) is 30.2 Å². The number of esters is 1. The molecule has 46 heavy (non-hydrogen) atoms. The maximum absolute atomic E-state index is 13.6. The summed E-state index contributed by atoms with van der Waals surface area (Å²) in [6, 6.07) is 0. The zero-order valence-electron chi connectivity index (χ0n) is 28.2. The van der Waals surface area contributed by atoms with Crippen molar-refractivity contribution in [2.75, 3.05) is 32.8 Å². The summed E-state index contributed by atoms with van der Waals surface area (Å²) in [5.74, 6) is -0.914. The first-order valence-electron chi connectivity index (χ1n) is 18.0. The van der Waals surface area contributed by atoms with Crippen molar-refractivity contribution in [3.05, 3.63) is 11.6 Å². The van der Waals surface area contributed by atoms with Gasteiger partial charge in [-0.1, -0.05) is 6.08 Å². The van der Waals surface area contributed by atoms with E-state index in [9.17, 15) is 19.8 Å². The fourth-order valence-electron chi connectivity index (χ4n) is 8.96. The number of hydrogen-bond acceptors (Lipinski definition) is 10. The first-order chi connectivity index (χ1) is 22.1. The highest BCUT2D eigenvalue weighted by Crippen LogP contribution is 2.52. The Morgan fingerprint density at radius 2 is 2.02 bits per heavy atom. The van der Waals surface area contributed by atoms with E-state index in [1.807, 2.05) is 19.9 Å². The highest BCUT2D eigenvalue weighted by atomic mass is 16.6. The molecular formula is C34H61N5O7+2. The summed E-state index contributed by atoms with van der Waals surface area (Å²) < 4.78 is 20.0. The minimum absolute atomic E-state index is 0.0757. The lowest BCUT2D eigenvalue weighted by Crippen LogP contribution is -2.95. The Kier molecular flexibility index (Phi) is 12.3. The SMILES string of the molecule is CC=C(C[NH2+]CC)C(=O)OC1CC2C(O)C3C(=O)CC(CO)OC3C(CC3CCNC(N)C3)C2OC1(C)CCC1CCC(N)[NH2+]C1. The minimum atomic E-state index is -0.997. The van der Waals surface area contributed by atoms with Crippen molar-refractivity contribution in [3.63, 3.8) is 0 Å². The van der Waals surface area contributed by atoms with Crippen LogP contribution in [0.15, 0.2) is 11.6 Å². The van der Waals surface area contributed by atoms with Gasteiger partial charge in [-0.05, 0) is 78.2 Å². The van der Waals surface area contributed by atoms with E-state index in [1.165, 1.54) is 0 Å². The number of aliphatic hydroxyl groups excluding tert-OH is 2. The third-order valence-electron chi connectivity index (χ3n) is 11.7. The molecule has 1 saturated carbocycles. The van der Waals surface area contributed by atoms with Crippen molar-refractivity contribution in [3.8, 4) is 0 Å². The number of ketones is 1. The molecule has 5 aliphatic rings. The monoisotopic (exact) mass is 651 g/mol. The van der Waals surface area contributed by atoms with Crippen molar-refractivity contribution in [1.29, 1.82) is 0 Å². The number of aliphatic hydroxyl groups is 2. The van der Waals surface area contributed by atoms with Crippen molar-refractivity contribution in [2.45, 2.75) is 127 Å². The Bertz CT molecular complexity index is 1070. The van der Waals surface area contributed by atoms with Gasteiger partial charge in [0.2, 0.25) is 0 Å². The molecule has 0 aromatic heterocycles. The first-order valence-corrected chi connectivity index (χ1v) is 18.0. The number of Topliss-reactive ketones (excluding diaryl/α,β-unsaturated/α-hetero) is 1. The zero-order valence-corrected chi connectivity index (χ0v) is 28.2. The number of allylic oxidation sites excluding steroid dienone is 1. The molecule has 4 heterocycles. The zero-order chi connectivity index (χ0) is 33.0. The standard InChI is InChI=1S/C34H59N5O7/c1-4-21(17-37-5-2)33(43)45-26-15-23-30(42)29-25(41)14-22(18-40)44-32(29)24(12-20-9-11-38-28(36)13-20)31(23)46-34(26,3)10-8-19-6-7-27(35)39-16-19/h4,19-20,22-24,26-32,37-40,42H,5-18,35-36H2,1-3H3/p+2. The lowest BCUT2D eigenvalue weighted by Gasteiger charge is -2.58. The second-order valence-corrected chi connectivity index (χ2v) is 15.0. The van der Waals surface area contributed by atoms with Crippen molar-refractivity contribution in [2.24, 2.45) is 41.1 Å². The number of carbonyl (C=O) groups is 2. The summed E-state index contributed by atoms with van der Waals surface area (Å²) >= 11 is 0. The number of carbonyl (C=O) groups excluding carboxylic acids is 2. The topological polar surface area (TPSA) is 200 Å². The fraction of sp³-hybridized carbons (Fsp3) is 0.882. The van der Waals surface area contributed by atoms with Crippen LogP contribution in [0.2, 0.25) is 0 Å². The molecule has 13 atom stereocenters. The van der Waals surface area contributed by atoms with Crippen LogP contribution in [0.5, 0.6) is 0 Å². The third-order valence-corrected chi connectivity index (χ3v) is 11.7. The van der Waals surface area contributed by atoms with Gasteiger partial charge >= 0.3 is 5.97 Å². The molecule has 4 aliphatic heterocycles. The Hall–Kier alpha value is -1.48. The van der Waals surface area contributed by atoms with Crippen LogP contribution in [-0.4, -0.2) is 103 Å². The second-order valence-electron chi connectivity index (χ2n) is 15.0. The molecule has 0 aromatic carbocycles. The van der Waals surface area contributed by atoms with Crippen LogP contribution in [0.3, 0.4) is 0 Å².